The third-order valence-corrected chi connectivity index (χ3v) is 4.34. The fourth-order valence-electron chi connectivity index (χ4n) is 2.21. The minimum absolute atomic E-state index is 0.235. The van der Waals surface area contributed by atoms with Crippen LogP contribution in [0.15, 0.2) is 48.5 Å². The number of fused-ring (bicyclic) bond motifs is 1. The maximum absolute atomic E-state index is 12.1. The number of hydrogen-bond donors (Lipinski definition) is 1. The van der Waals surface area contributed by atoms with Crippen LogP contribution in [-0.4, -0.2) is 25.1 Å². The number of nitrogens with zero attached hydrogens (tertiary/aromatic N) is 1. The van der Waals surface area contributed by atoms with E-state index in [1.807, 2.05) is 24.3 Å². The minimum atomic E-state index is -0.235. The van der Waals surface area contributed by atoms with Gasteiger partial charge in [0.25, 0.3) is 0 Å². The van der Waals surface area contributed by atoms with E-state index in [9.17, 15) is 4.79 Å². The van der Waals surface area contributed by atoms with Crippen molar-refractivity contribution >= 4 is 39.2 Å². The van der Waals surface area contributed by atoms with Gasteiger partial charge in [-0.1, -0.05) is 12.1 Å². The van der Waals surface area contributed by atoms with E-state index in [0.29, 0.717) is 17.2 Å². The molecule has 6 heteroatoms. The monoisotopic (exact) mass is 340 g/mol. The number of methoxy groups -OCH3 is 2. The number of carbonyl (C=O) groups is 1. The van der Waals surface area contributed by atoms with Gasteiger partial charge in [-0.3, -0.25) is 4.79 Å². The van der Waals surface area contributed by atoms with Crippen LogP contribution in [-0.2, 0) is 4.79 Å². The molecule has 1 heterocycles. The number of para-hydroxylation sites is 1. The van der Waals surface area contributed by atoms with E-state index in [-0.39, 0.29) is 5.91 Å². The highest BCUT2D eigenvalue weighted by molar-refractivity contribution is 7.19. The predicted octanol–water partition coefficient (Wildman–Crippen LogP) is 3.97. The molecule has 1 amide bonds. The number of amides is 1. The summed E-state index contributed by atoms with van der Waals surface area (Å²) < 4.78 is 11.5. The fraction of sp³-hybridized carbons (Fsp3) is 0.111. The van der Waals surface area contributed by atoms with Gasteiger partial charge in [0.05, 0.1) is 24.4 Å². The molecule has 0 bridgehead atoms. The number of anilines is 1. The molecule has 1 aromatic heterocycles. The standard InChI is InChI=1S/C18H16N2O3S/c1-22-14-8-7-12(11-15(14)23-2)19-17(21)9-10-18-20-13-5-3-4-6-16(13)24-18/h3-11H,1-2H3,(H,19,21). The van der Waals surface area contributed by atoms with Crippen LogP contribution in [0.3, 0.4) is 0 Å². The highest BCUT2D eigenvalue weighted by Gasteiger charge is 2.06. The van der Waals surface area contributed by atoms with Gasteiger partial charge in [-0.25, -0.2) is 4.98 Å². The molecule has 24 heavy (non-hydrogen) atoms. The Balaban J connectivity index is 1.70. The number of nitrogens with one attached hydrogen (secondary N) is 1. The Morgan fingerprint density at radius 3 is 2.67 bits per heavy atom. The van der Waals surface area contributed by atoms with Crippen LogP contribution in [0.1, 0.15) is 5.01 Å². The maximum atomic E-state index is 12.1. The quantitative estimate of drug-likeness (QED) is 0.714. The molecule has 2 aromatic carbocycles. The van der Waals surface area contributed by atoms with Crippen LogP contribution in [0.2, 0.25) is 0 Å². The Labute approximate surface area is 143 Å². The van der Waals surface area contributed by atoms with Crippen LogP contribution >= 0.6 is 11.3 Å². The lowest BCUT2D eigenvalue weighted by Gasteiger charge is -2.09. The first-order valence-electron chi connectivity index (χ1n) is 7.26. The van der Waals surface area contributed by atoms with Crippen LogP contribution in [0.4, 0.5) is 5.69 Å². The van der Waals surface area contributed by atoms with Gasteiger partial charge in [-0.05, 0) is 30.3 Å². The van der Waals surface area contributed by atoms with Crippen LogP contribution < -0.4 is 14.8 Å². The molecule has 0 unspecified atom stereocenters. The highest BCUT2D eigenvalue weighted by atomic mass is 32.1. The van der Waals surface area contributed by atoms with Crippen LogP contribution in [0.25, 0.3) is 16.3 Å². The van der Waals surface area contributed by atoms with Crippen molar-refractivity contribution in [1.82, 2.24) is 4.98 Å². The Bertz CT molecular complexity index is 869. The van der Waals surface area contributed by atoms with E-state index in [0.717, 1.165) is 15.2 Å². The predicted molar refractivity (Wildman–Crippen MR) is 96.8 cm³/mol. The lowest BCUT2D eigenvalue weighted by molar-refractivity contribution is -0.111. The van der Waals surface area contributed by atoms with Gasteiger partial charge in [0.2, 0.25) is 5.91 Å². The number of ether oxygens (including phenoxy) is 2. The summed E-state index contributed by atoms with van der Waals surface area (Å²) in [6.45, 7) is 0. The number of benzene rings is 2. The number of aromatic nitrogens is 1. The Morgan fingerprint density at radius 2 is 1.92 bits per heavy atom. The van der Waals surface area contributed by atoms with Gasteiger partial charge in [0.15, 0.2) is 11.5 Å². The molecular weight excluding hydrogens is 324 g/mol. The third-order valence-electron chi connectivity index (χ3n) is 3.34. The summed E-state index contributed by atoms with van der Waals surface area (Å²) in [5.41, 5.74) is 1.56. The zero-order valence-electron chi connectivity index (χ0n) is 13.3. The average Bonchev–Trinajstić information content (AvgIpc) is 3.03. The summed E-state index contributed by atoms with van der Waals surface area (Å²) in [6, 6.07) is 13.1. The van der Waals surface area contributed by atoms with Crippen molar-refractivity contribution in [1.29, 1.82) is 0 Å². The number of rotatable bonds is 5. The first kappa shape index (κ1) is 16.0. The van der Waals surface area contributed by atoms with Gasteiger partial charge in [0.1, 0.15) is 5.01 Å². The number of carbonyl (C=O) groups excluding carboxylic acids is 1. The summed E-state index contributed by atoms with van der Waals surface area (Å²) in [4.78, 5) is 16.5. The van der Waals surface area contributed by atoms with Crippen molar-refractivity contribution in [2.45, 2.75) is 0 Å². The second-order valence-electron chi connectivity index (χ2n) is 4.91. The maximum Gasteiger partial charge on any atom is 0.248 e. The molecule has 122 valence electrons. The molecule has 3 rings (SSSR count). The van der Waals surface area contributed by atoms with Gasteiger partial charge in [-0.15, -0.1) is 11.3 Å². The van der Waals surface area contributed by atoms with Gasteiger partial charge >= 0.3 is 0 Å². The second-order valence-corrected chi connectivity index (χ2v) is 5.97. The van der Waals surface area contributed by atoms with Crippen LogP contribution in [0.5, 0.6) is 11.5 Å². The molecule has 0 aliphatic carbocycles. The van der Waals surface area contributed by atoms with E-state index >= 15 is 0 Å². The highest BCUT2D eigenvalue weighted by Crippen LogP contribution is 2.29. The van der Waals surface area contributed by atoms with Crippen molar-refractivity contribution in [2.75, 3.05) is 19.5 Å². The summed E-state index contributed by atoms with van der Waals surface area (Å²) in [7, 11) is 3.12. The van der Waals surface area contributed by atoms with Gasteiger partial charge < -0.3 is 14.8 Å². The SMILES string of the molecule is COc1ccc(NC(=O)C=Cc2nc3ccccc3s2)cc1OC. The number of hydrogen-bond acceptors (Lipinski definition) is 5. The minimum Gasteiger partial charge on any atom is -0.493 e. The van der Waals surface area contributed by atoms with Crippen molar-refractivity contribution in [2.24, 2.45) is 0 Å². The Morgan fingerprint density at radius 1 is 1.12 bits per heavy atom. The molecule has 1 N–H and O–H groups in total. The van der Waals surface area contributed by atoms with Crippen molar-refractivity contribution in [3.63, 3.8) is 0 Å². The third kappa shape index (κ3) is 3.55. The molecule has 0 atom stereocenters. The fourth-order valence-corrected chi connectivity index (χ4v) is 3.08. The zero-order valence-corrected chi connectivity index (χ0v) is 14.1. The van der Waals surface area contributed by atoms with E-state index in [1.54, 1.807) is 49.8 Å². The zero-order chi connectivity index (χ0) is 16.9. The first-order valence-corrected chi connectivity index (χ1v) is 8.08. The summed E-state index contributed by atoms with van der Waals surface area (Å²) in [6.07, 6.45) is 3.18. The molecule has 3 aromatic rings. The number of thiazole rings is 1. The molecular formula is C18H16N2O3S. The largest absolute Gasteiger partial charge is 0.493 e. The van der Waals surface area contributed by atoms with E-state index in [4.69, 9.17) is 9.47 Å². The molecule has 0 spiro atoms. The van der Waals surface area contributed by atoms with E-state index in [2.05, 4.69) is 10.3 Å². The van der Waals surface area contributed by atoms with E-state index < -0.39 is 0 Å². The lowest BCUT2D eigenvalue weighted by atomic mass is 10.2. The molecule has 0 saturated heterocycles. The Kier molecular flexibility index (Phi) is 4.77. The average molecular weight is 340 g/mol. The normalized spacial score (nSPS) is 10.9. The molecule has 0 aliphatic rings. The molecule has 0 saturated carbocycles. The molecule has 0 aliphatic heterocycles. The van der Waals surface area contributed by atoms with Crippen molar-refractivity contribution in [3.05, 3.63) is 53.5 Å². The summed E-state index contributed by atoms with van der Waals surface area (Å²) >= 11 is 1.54. The van der Waals surface area contributed by atoms with Gasteiger partial charge in [-0.2, -0.15) is 0 Å². The molecule has 5 nitrogen and oxygen atoms in total. The summed E-state index contributed by atoms with van der Waals surface area (Å²) in [5, 5.41) is 3.58. The van der Waals surface area contributed by atoms with Crippen LogP contribution in [0, 0.1) is 0 Å². The molecule has 0 radical (unpaired) electrons. The smallest absolute Gasteiger partial charge is 0.248 e. The first-order chi connectivity index (χ1) is 11.7. The van der Waals surface area contributed by atoms with Crippen molar-refractivity contribution < 1.29 is 14.3 Å². The second kappa shape index (κ2) is 7.14. The van der Waals surface area contributed by atoms with Gasteiger partial charge in [0, 0.05) is 17.8 Å². The molecule has 0 fully saturated rings. The Hall–Kier alpha value is -2.86. The summed E-state index contributed by atoms with van der Waals surface area (Å²) in [5.74, 6) is 0.937. The lowest BCUT2D eigenvalue weighted by Crippen LogP contribution is -2.07. The topological polar surface area (TPSA) is 60.5 Å². The van der Waals surface area contributed by atoms with E-state index in [1.165, 1.54) is 6.08 Å². The van der Waals surface area contributed by atoms with Crippen molar-refractivity contribution in [3.8, 4) is 11.5 Å².